The fourth-order valence-corrected chi connectivity index (χ4v) is 2.98. The maximum absolute atomic E-state index is 5.81. The summed E-state index contributed by atoms with van der Waals surface area (Å²) in [5.41, 5.74) is 0. The first-order chi connectivity index (χ1) is 5.45. The molecule has 60 valence electrons. The Bertz CT molecular complexity index is 177. The quantitative estimate of drug-likeness (QED) is 0.481. The van der Waals surface area contributed by atoms with E-state index < -0.39 is 0 Å². The molecule has 3 aliphatic rings. The second kappa shape index (κ2) is 2.10. The van der Waals surface area contributed by atoms with Crippen LogP contribution in [0.1, 0.15) is 25.7 Å². The highest BCUT2D eigenvalue weighted by Gasteiger charge is 2.45. The molecular formula is C10H14O. The predicted octanol–water partition coefficient (Wildman–Crippen LogP) is 2.13. The molecule has 2 fully saturated rings. The van der Waals surface area contributed by atoms with E-state index in [9.17, 15) is 0 Å². The molecule has 0 aromatic rings. The fourth-order valence-electron chi connectivity index (χ4n) is 2.98. The number of ether oxygens (including phenoxy) is 1. The lowest BCUT2D eigenvalue weighted by Gasteiger charge is -2.29. The van der Waals surface area contributed by atoms with Gasteiger partial charge >= 0.3 is 0 Å². The zero-order valence-corrected chi connectivity index (χ0v) is 6.70. The van der Waals surface area contributed by atoms with Crippen molar-refractivity contribution in [1.82, 2.24) is 0 Å². The second-order valence-electron chi connectivity index (χ2n) is 4.06. The summed E-state index contributed by atoms with van der Waals surface area (Å²) in [5, 5.41) is 0. The van der Waals surface area contributed by atoms with E-state index in [1.165, 1.54) is 25.7 Å². The first kappa shape index (κ1) is 6.24. The van der Waals surface area contributed by atoms with Crippen LogP contribution in [-0.4, -0.2) is 12.2 Å². The Morgan fingerprint density at radius 2 is 1.45 bits per heavy atom. The van der Waals surface area contributed by atoms with Gasteiger partial charge in [-0.25, -0.2) is 0 Å². The summed E-state index contributed by atoms with van der Waals surface area (Å²) in [6.45, 7) is 0. The van der Waals surface area contributed by atoms with Crippen molar-refractivity contribution in [3.63, 3.8) is 0 Å². The van der Waals surface area contributed by atoms with Gasteiger partial charge in [0, 0.05) is 0 Å². The molecule has 11 heavy (non-hydrogen) atoms. The zero-order chi connectivity index (χ0) is 7.26. The Hall–Kier alpha value is -0.300. The average molecular weight is 150 g/mol. The van der Waals surface area contributed by atoms with Crippen molar-refractivity contribution in [3.05, 3.63) is 12.2 Å². The van der Waals surface area contributed by atoms with Gasteiger partial charge in [0.15, 0.2) is 0 Å². The molecule has 0 aromatic heterocycles. The van der Waals surface area contributed by atoms with Crippen LogP contribution < -0.4 is 0 Å². The summed E-state index contributed by atoms with van der Waals surface area (Å²) in [7, 11) is 0. The molecule has 2 bridgehead atoms. The lowest BCUT2D eigenvalue weighted by atomic mass is 9.73. The molecule has 0 aromatic carbocycles. The van der Waals surface area contributed by atoms with Gasteiger partial charge in [-0.1, -0.05) is 25.0 Å². The summed E-state index contributed by atoms with van der Waals surface area (Å²) in [5.74, 6) is 1.78. The Kier molecular flexibility index (Phi) is 1.19. The third-order valence-corrected chi connectivity index (χ3v) is 3.52. The van der Waals surface area contributed by atoms with Gasteiger partial charge < -0.3 is 4.74 Å². The van der Waals surface area contributed by atoms with Crippen molar-refractivity contribution in [3.8, 4) is 0 Å². The van der Waals surface area contributed by atoms with Crippen LogP contribution in [0.2, 0.25) is 0 Å². The zero-order valence-electron chi connectivity index (χ0n) is 6.70. The average Bonchev–Trinajstić information content (AvgIpc) is 2.64. The van der Waals surface area contributed by atoms with Gasteiger partial charge in [-0.3, -0.25) is 0 Å². The van der Waals surface area contributed by atoms with Gasteiger partial charge in [-0.05, 0) is 24.7 Å². The molecule has 1 aliphatic carbocycles. The topological polar surface area (TPSA) is 9.23 Å². The molecule has 2 heterocycles. The normalized spacial score (nSPS) is 53.1. The Labute approximate surface area is 67.4 Å². The lowest BCUT2D eigenvalue weighted by Crippen LogP contribution is -2.26. The van der Waals surface area contributed by atoms with Gasteiger partial charge in [0.1, 0.15) is 0 Å². The molecule has 1 heteroatoms. The SMILES string of the molecule is C1=C[C@H]2O[C@@H]1[C@H]1CCCC[C@H]12. The molecule has 0 amide bonds. The number of fused-ring (bicyclic) bond motifs is 5. The summed E-state index contributed by atoms with van der Waals surface area (Å²) in [6.07, 6.45) is 11.2. The highest BCUT2D eigenvalue weighted by atomic mass is 16.5. The van der Waals surface area contributed by atoms with E-state index in [1.54, 1.807) is 0 Å². The van der Waals surface area contributed by atoms with E-state index in [2.05, 4.69) is 12.2 Å². The van der Waals surface area contributed by atoms with Crippen LogP contribution in [0.5, 0.6) is 0 Å². The van der Waals surface area contributed by atoms with Crippen LogP contribution in [0.15, 0.2) is 12.2 Å². The monoisotopic (exact) mass is 150 g/mol. The van der Waals surface area contributed by atoms with Crippen LogP contribution in [0, 0.1) is 11.8 Å². The first-order valence-corrected chi connectivity index (χ1v) is 4.79. The van der Waals surface area contributed by atoms with Crippen molar-refractivity contribution in [2.45, 2.75) is 37.9 Å². The molecule has 3 rings (SSSR count). The maximum Gasteiger partial charge on any atom is 0.0796 e. The van der Waals surface area contributed by atoms with Crippen molar-refractivity contribution in [2.24, 2.45) is 11.8 Å². The minimum absolute atomic E-state index is 0.505. The third-order valence-electron chi connectivity index (χ3n) is 3.52. The fraction of sp³-hybridized carbons (Fsp3) is 0.800. The molecule has 2 aliphatic heterocycles. The van der Waals surface area contributed by atoms with Crippen LogP contribution >= 0.6 is 0 Å². The molecule has 1 saturated carbocycles. The summed E-state index contributed by atoms with van der Waals surface area (Å²) >= 11 is 0. The molecule has 0 radical (unpaired) electrons. The molecule has 4 atom stereocenters. The van der Waals surface area contributed by atoms with E-state index >= 15 is 0 Å². The minimum atomic E-state index is 0.505. The number of rotatable bonds is 0. The first-order valence-electron chi connectivity index (χ1n) is 4.79. The van der Waals surface area contributed by atoms with Gasteiger partial charge in [0.05, 0.1) is 12.2 Å². The van der Waals surface area contributed by atoms with E-state index in [4.69, 9.17) is 4.74 Å². The second-order valence-corrected chi connectivity index (χ2v) is 4.06. The Morgan fingerprint density at radius 3 is 2.00 bits per heavy atom. The third kappa shape index (κ3) is 0.750. The minimum Gasteiger partial charge on any atom is -0.366 e. The van der Waals surface area contributed by atoms with E-state index in [0.717, 1.165) is 11.8 Å². The van der Waals surface area contributed by atoms with Crippen molar-refractivity contribution in [2.75, 3.05) is 0 Å². The van der Waals surface area contributed by atoms with Crippen molar-refractivity contribution in [1.29, 1.82) is 0 Å². The largest absolute Gasteiger partial charge is 0.366 e. The molecule has 0 unspecified atom stereocenters. The van der Waals surface area contributed by atoms with E-state index in [-0.39, 0.29) is 0 Å². The van der Waals surface area contributed by atoms with Gasteiger partial charge in [-0.2, -0.15) is 0 Å². The highest BCUT2D eigenvalue weighted by Crippen LogP contribution is 2.46. The molecule has 1 nitrogen and oxygen atoms in total. The Morgan fingerprint density at radius 1 is 0.909 bits per heavy atom. The van der Waals surface area contributed by atoms with Crippen LogP contribution in [0.25, 0.3) is 0 Å². The van der Waals surface area contributed by atoms with Crippen LogP contribution in [-0.2, 0) is 4.74 Å². The smallest absolute Gasteiger partial charge is 0.0796 e. The van der Waals surface area contributed by atoms with Gasteiger partial charge in [0.2, 0.25) is 0 Å². The maximum atomic E-state index is 5.81. The number of hydrogen-bond donors (Lipinski definition) is 0. The Balaban J connectivity index is 1.90. The molecule has 1 saturated heterocycles. The van der Waals surface area contributed by atoms with Crippen molar-refractivity contribution < 1.29 is 4.74 Å². The standard InChI is InChI=1S/C10H14O/c1-2-4-8-7(3-1)9-5-6-10(8)11-9/h5-10H,1-4H2/t7-,8+,9-,10+. The number of hydrogen-bond acceptors (Lipinski definition) is 1. The van der Waals surface area contributed by atoms with Gasteiger partial charge in [0.25, 0.3) is 0 Å². The van der Waals surface area contributed by atoms with E-state index in [0.29, 0.717) is 12.2 Å². The summed E-state index contributed by atoms with van der Waals surface area (Å²) in [6, 6.07) is 0. The van der Waals surface area contributed by atoms with Crippen LogP contribution in [0.3, 0.4) is 0 Å². The van der Waals surface area contributed by atoms with E-state index in [1.807, 2.05) is 0 Å². The molecule has 0 spiro atoms. The van der Waals surface area contributed by atoms with Crippen molar-refractivity contribution >= 4 is 0 Å². The van der Waals surface area contributed by atoms with Gasteiger partial charge in [-0.15, -0.1) is 0 Å². The predicted molar refractivity (Wildman–Crippen MR) is 43.2 cm³/mol. The van der Waals surface area contributed by atoms with Crippen LogP contribution in [0.4, 0.5) is 0 Å². The summed E-state index contributed by atoms with van der Waals surface area (Å²) < 4.78 is 5.81. The molecule has 0 N–H and O–H groups in total. The highest BCUT2D eigenvalue weighted by molar-refractivity contribution is 5.14. The summed E-state index contributed by atoms with van der Waals surface area (Å²) in [4.78, 5) is 0. The molecular weight excluding hydrogens is 136 g/mol. The lowest BCUT2D eigenvalue weighted by molar-refractivity contribution is 0.103.